The van der Waals surface area contributed by atoms with E-state index < -0.39 is 0 Å². The third-order valence-corrected chi connectivity index (χ3v) is 5.40. The van der Waals surface area contributed by atoms with Crippen LogP contribution in [0, 0.1) is 0 Å². The molecular weight excluding hydrogens is 334 g/mol. The largest absolute Gasteiger partial charge is 0.396 e. The highest BCUT2D eigenvalue weighted by Gasteiger charge is 2.15. The molecule has 0 saturated heterocycles. The molecule has 0 amide bonds. The Bertz CT molecular complexity index is 1000. The summed E-state index contributed by atoms with van der Waals surface area (Å²) >= 11 is 0. The number of H-pyrrole nitrogens is 1. The molecule has 4 nitrogen and oxygen atoms in total. The Morgan fingerprint density at radius 2 is 1.96 bits per heavy atom. The molecule has 0 fully saturated rings. The highest BCUT2D eigenvalue weighted by atomic mass is 16.3. The molecule has 3 N–H and O–H groups in total. The van der Waals surface area contributed by atoms with Gasteiger partial charge >= 0.3 is 0 Å². The lowest BCUT2D eigenvalue weighted by atomic mass is 9.96. The van der Waals surface area contributed by atoms with Gasteiger partial charge in [0.15, 0.2) is 0 Å². The lowest BCUT2D eigenvalue weighted by Crippen LogP contribution is -2.25. The van der Waals surface area contributed by atoms with Gasteiger partial charge in [0.2, 0.25) is 0 Å². The fraction of sp³-hybridized carbons (Fsp3) is 0.348. The van der Waals surface area contributed by atoms with Crippen molar-refractivity contribution in [1.29, 1.82) is 0 Å². The second-order valence-corrected chi connectivity index (χ2v) is 7.17. The van der Waals surface area contributed by atoms with Crippen LogP contribution in [0.5, 0.6) is 0 Å². The number of aliphatic hydroxyl groups is 1. The van der Waals surface area contributed by atoms with Crippen molar-refractivity contribution in [2.75, 3.05) is 13.2 Å². The van der Waals surface area contributed by atoms with Gasteiger partial charge < -0.3 is 15.4 Å². The van der Waals surface area contributed by atoms with Gasteiger partial charge in [-0.2, -0.15) is 0 Å². The van der Waals surface area contributed by atoms with Crippen LogP contribution < -0.4 is 5.32 Å². The van der Waals surface area contributed by atoms with Crippen molar-refractivity contribution < 1.29 is 5.11 Å². The monoisotopic (exact) mass is 361 g/mol. The summed E-state index contributed by atoms with van der Waals surface area (Å²) in [7, 11) is 0. The van der Waals surface area contributed by atoms with Gasteiger partial charge in [0, 0.05) is 36.3 Å². The van der Waals surface area contributed by atoms with Gasteiger partial charge in [-0.25, -0.2) is 4.99 Å². The molecular formula is C23H27N3O. The van der Waals surface area contributed by atoms with Crippen LogP contribution in [0.1, 0.15) is 41.8 Å². The minimum Gasteiger partial charge on any atom is -0.396 e. The van der Waals surface area contributed by atoms with E-state index in [1.807, 2.05) is 0 Å². The number of aromatic amines is 1. The maximum absolute atomic E-state index is 9.16. The van der Waals surface area contributed by atoms with Gasteiger partial charge in [0.25, 0.3) is 0 Å². The van der Waals surface area contributed by atoms with Crippen LogP contribution in [-0.2, 0) is 25.7 Å². The number of aromatic nitrogens is 1. The summed E-state index contributed by atoms with van der Waals surface area (Å²) in [5.41, 5.74) is 8.50. The van der Waals surface area contributed by atoms with E-state index in [9.17, 15) is 0 Å². The van der Waals surface area contributed by atoms with Gasteiger partial charge in [0.05, 0.1) is 5.69 Å². The number of benzene rings is 2. The molecule has 0 atom stereocenters. The van der Waals surface area contributed by atoms with Crippen LogP contribution in [-0.4, -0.2) is 29.1 Å². The number of nitrogens with zero attached hydrogens (tertiary/aromatic N) is 1. The molecule has 0 radical (unpaired) electrons. The summed E-state index contributed by atoms with van der Waals surface area (Å²) in [6.45, 7) is 5.47. The Morgan fingerprint density at radius 1 is 1.07 bits per heavy atom. The average Bonchev–Trinajstić information content (AvgIpc) is 2.96. The first-order chi connectivity index (χ1) is 13.2. The number of nitrogens with one attached hydrogen (secondary N) is 2. The minimum atomic E-state index is 0.157. The van der Waals surface area contributed by atoms with E-state index in [0.29, 0.717) is 6.42 Å². The molecule has 0 spiro atoms. The van der Waals surface area contributed by atoms with Crippen molar-refractivity contribution in [2.45, 2.75) is 39.5 Å². The summed E-state index contributed by atoms with van der Waals surface area (Å²) < 4.78 is 0. The van der Waals surface area contributed by atoms with E-state index in [1.165, 1.54) is 22.1 Å². The molecule has 0 aliphatic carbocycles. The summed E-state index contributed by atoms with van der Waals surface area (Å²) in [6.07, 6.45) is 3.72. The average molecular weight is 361 g/mol. The highest BCUT2D eigenvalue weighted by molar-refractivity contribution is 6.03. The first-order valence-corrected chi connectivity index (χ1v) is 9.92. The number of aliphatic hydroxyl groups excluding tert-OH is 1. The van der Waals surface area contributed by atoms with Crippen LogP contribution in [0.15, 0.2) is 41.4 Å². The van der Waals surface area contributed by atoms with Gasteiger partial charge in [-0.3, -0.25) is 0 Å². The molecule has 4 rings (SSSR count). The predicted molar refractivity (Wildman–Crippen MR) is 112 cm³/mol. The zero-order valence-electron chi connectivity index (χ0n) is 16.1. The van der Waals surface area contributed by atoms with E-state index in [-0.39, 0.29) is 6.61 Å². The number of aliphatic imine (C=N–C) groups is 1. The van der Waals surface area contributed by atoms with E-state index >= 15 is 0 Å². The lowest BCUT2D eigenvalue weighted by Gasteiger charge is -2.11. The van der Waals surface area contributed by atoms with Crippen LogP contribution in [0.2, 0.25) is 0 Å². The zero-order chi connectivity index (χ0) is 18.8. The number of rotatable bonds is 5. The quantitative estimate of drug-likeness (QED) is 0.642. The van der Waals surface area contributed by atoms with Crippen molar-refractivity contribution >= 4 is 22.4 Å². The maximum atomic E-state index is 9.16. The second kappa shape index (κ2) is 7.57. The Morgan fingerprint density at radius 3 is 2.74 bits per heavy atom. The van der Waals surface area contributed by atoms with Crippen molar-refractivity contribution in [1.82, 2.24) is 10.3 Å². The van der Waals surface area contributed by atoms with Crippen molar-refractivity contribution in [2.24, 2.45) is 4.99 Å². The molecule has 1 aliphatic heterocycles. The summed E-state index contributed by atoms with van der Waals surface area (Å²) in [6, 6.07) is 13.1. The molecule has 0 bridgehead atoms. The Balaban J connectivity index is 1.77. The van der Waals surface area contributed by atoms with E-state index in [2.05, 4.69) is 60.5 Å². The van der Waals surface area contributed by atoms with Crippen molar-refractivity contribution in [3.63, 3.8) is 0 Å². The van der Waals surface area contributed by atoms with Crippen LogP contribution in [0.3, 0.4) is 0 Å². The number of aryl methyl sites for hydroxylation is 2. The van der Waals surface area contributed by atoms with E-state index in [4.69, 9.17) is 10.1 Å². The number of hydrogen-bond donors (Lipinski definition) is 3. The summed E-state index contributed by atoms with van der Waals surface area (Å²) in [5.74, 6) is 0.935. The fourth-order valence-electron chi connectivity index (χ4n) is 3.91. The molecule has 2 aromatic carbocycles. The summed E-state index contributed by atoms with van der Waals surface area (Å²) in [5, 5.41) is 13.9. The second-order valence-electron chi connectivity index (χ2n) is 7.17. The molecule has 0 saturated carbocycles. The first kappa shape index (κ1) is 17.8. The van der Waals surface area contributed by atoms with Gasteiger partial charge in [-0.1, -0.05) is 32.0 Å². The Kier molecular flexibility index (Phi) is 4.99. The summed E-state index contributed by atoms with van der Waals surface area (Å²) in [4.78, 5) is 8.43. The fourth-order valence-corrected chi connectivity index (χ4v) is 3.91. The number of amidine groups is 1. The lowest BCUT2D eigenvalue weighted by molar-refractivity contribution is 0.298. The van der Waals surface area contributed by atoms with E-state index in [1.54, 1.807) is 0 Å². The smallest absolute Gasteiger partial charge is 0.134 e. The number of fused-ring (bicyclic) bond motifs is 2. The number of hydrogen-bond acceptors (Lipinski definition) is 3. The maximum Gasteiger partial charge on any atom is 0.134 e. The molecule has 3 aromatic rings. The highest BCUT2D eigenvalue weighted by Crippen LogP contribution is 2.29. The third-order valence-electron chi connectivity index (χ3n) is 5.40. The van der Waals surface area contributed by atoms with Gasteiger partial charge in [-0.05, 0) is 59.5 Å². The van der Waals surface area contributed by atoms with Crippen molar-refractivity contribution in [3.8, 4) is 0 Å². The molecule has 0 unspecified atom stereocenters. The SMILES string of the molecule is CCc1cc(CC)c2c(c1)N=C(c1ccc3cc(CCO)[nH]c3c1)NCC2. The van der Waals surface area contributed by atoms with Crippen molar-refractivity contribution in [3.05, 3.63) is 64.3 Å². The molecule has 140 valence electrons. The molecule has 1 aromatic heterocycles. The molecule has 2 heterocycles. The normalized spacial score (nSPS) is 13.8. The van der Waals surface area contributed by atoms with Crippen LogP contribution in [0.25, 0.3) is 10.9 Å². The molecule has 4 heteroatoms. The van der Waals surface area contributed by atoms with Crippen LogP contribution in [0.4, 0.5) is 5.69 Å². The Labute approximate surface area is 160 Å². The van der Waals surface area contributed by atoms with Gasteiger partial charge in [-0.15, -0.1) is 0 Å². The zero-order valence-corrected chi connectivity index (χ0v) is 16.1. The predicted octanol–water partition coefficient (Wildman–Crippen LogP) is 4.05. The Hall–Kier alpha value is -2.59. The third kappa shape index (κ3) is 3.50. The van der Waals surface area contributed by atoms with Gasteiger partial charge in [0.1, 0.15) is 5.84 Å². The topological polar surface area (TPSA) is 60.4 Å². The standard InChI is InChI=1S/C23H27N3O/c1-3-15-11-16(4-2)20-7-9-24-23(26-22(20)12-15)18-6-5-17-13-19(8-10-27)25-21(17)14-18/h5-6,11-14,25,27H,3-4,7-10H2,1-2H3,(H,24,26). The minimum absolute atomic E-state index is 0.157. The molecule has 27 heavy (non-hydrogen) atoms. The van der Waals surface area contributed by atoms with E-state index in [0.717, 1.165) is 54.1 Å². The van der Waals surface area contributed by atoms with Crippen LogP contribution >= 0.6 is 0 Å². The first-order valence-electron chi connectivity index (χ1n) is 9.92. The molecule has 1 aliphatic rings.